The van der Waals surface area contributed by atoms with Crippen LogP contribution in [0.2, 0.25) is 0 Å². The van der Waals surface area contributed by atoms with E-state index in [4.69, 9.17) is 9.47 Å². The molecule has 2 N–H and O–H groups in total. The van der Waals surface area contributed by atoms with Gasteiger partial charge in [0.2, 0.25) is 5.91 Å². The van der Waals surface area contributed by atoms with Crippen molar-refractivity contribution < 1.29 is 28.2 Å². The molecule has 0 bridgehead atoms. The molecule has 0 atom stereocenters. The summed E-state index contributed by atoms with van der Waals surface area (Å²) < 4.78 is 24.2. The number of pyridine rings is 2. The minimum atomic E-state index is -0.823. The second-order valence-electron chi connectivity index (χ2n) is 8.08. The molecule has 0 aliphatic heterocycles. The van der Waals surface area contributed by atoms with Crippen LogP contribution in [-0.2, 0) is 22.6 Å². The van der Waals surface area contributed by atoms with E-state index in [-0.39, 0.29) is 40.5 Å². The fourth-order valence-corrected chi connectivity index (χ4v) is 3.62. The molecule has 2 aromatic carbocycles. The third-order valence-corrected chi connectivity index (χ3v) is 5.35. The lowest BCUT2D eigenvalue weighted by Gasteiger charge is -2.16. The number of methoxy groups -OCH3 is 1. The molecule has 0 aliphatic carbocycles. The molecule has 0 saturated carbocycles. The van der Waals surface area contributed by atoms with Crippen LogP contribution in [0.25, 0.3) is 10.9 Å². The Labute approximate surface area is 211 Å². The van der Waals surface area contributed by atoms with Crippen LogP contribution >= 0.6 is 0 Å². The molecular weight excluding hydrogens is 479 g/mol. The first-order valence-corrected chi connectivity index (χ1v) is 11.2. The number of aromatic nitrogens is 2. The lowest BCUT2D eigenvalue weighted by molar-refractivity contribution is -0.119. The number of nitrogens with one attached hydrogen (secondary N) is 2. The van der Waals surface area contributed by atoms with Crippen molar-refractivity contribution in [1.29, 1.82) is 0 Å². The van der Waals surface area contributed by atoms with E-state index in [2.05, 4.69) is 20.8 Å². The lowest BCUT2D eigenvalue weighted by Crippen LogP contribution is -2.41. The highest BCUT2D eigenvalue weighted by molar-refractivity contribution is 6.09. The Morgan fingerprint density at radius 2 is 1.65 bits per heavy atom. The van der Waals surface area contributed by atoms with Crippen molar-refractivity contribution in [1.82, 2.24) is 20.8 Å². The fourth-order valence-electron chi connectivity index (χ4n) is 3.62. The maximum Gasteiger partial charge on any atom is 0.360 e. The smallest absolute Gasteiger partial charge is 0.360 e. The summed E-state index contributed by atoms with van der Waals surface area (Å²) in [6.07, 6.45) is 1.98. The second kappa shape index (κ2) is 11.3. The molecule has 2 heterocycles. The van der Waals surface area contributed by atoms with E-state index < -0.39 is 17.8 Å². The number of benzene rings is 2. The van der Waals surface area contributed by atoms with Crippen molar-refractivity contribution >= 4 is 28.7 Å². The van der Waals surface area contributed by atoms with Gasteiger partial charge in [0, 0.05) is 18.5 Å². The summed E-state index contributed by atoms with van der Waals surface area (Å²) in [5.41, 5.74) is 6.65. The largest absolute Gasteiger partial charge is 0.484 e. The molecule has 4 rings (SSSR count). The molecule has 0 saturated heterocycles. The van der Waals surface area contributed by atoms with Crippen LogP contribution < -0.4 is 15.6 Å². The number of esters is 1. The number of carbonyl (C=O) groups is 3. The molecule has 188 valence electrons. The Morgan fingerprint density at radius 3 is 2.32 bits per heavy atom. The zero-order valence-corrected chi connectivity index (χ0v) is 20.1. The second-order valence-corrected chi connectivity index (χ2v) is 8.08. The topological polar surface area (TPSA) is 120 Å². The van der Waals surface area contributed by atoms with Gasteiger partial charge in [-0.15, -0.1) is 0 Å². The lowest BCUT2D eigenvalue weighted by atomic mass is 10.0. The van der Waals surface area contributed by atoms with Crippen molar-refractivity contribution in [2.24, 2.45) is 0 Å². The average Bonchev–Trinajstić information content (AvgIpc) is 2.91. The van der Waals surface area contributed by atoms with Gasteiger partial charge in [-0.2, -0.15) is 0 Å². The van der Waals surface area contributed by atoms with Crippen molar-refractivity contribution in [2.45, 2.75) is 20.0 Å². The number of rotatable bonds is 7. The number of ether oxygens (including phenoxy) is 2. The third-order valence-electron chi connectivity index (χ3n) is 5.35. The molecule has 0 fully saturated rings. The Morgan fingerprint density at radius 1 is 0.919 bits per heavy atom. The highest BCUT2D eigenvalue weighted by Crippen LogP contribution is 2.31. The number of amides is 2. The average molecular weight is 503 g/mol. The van der Waals surface area contributed by atoms with E-state index in [0.29, 0.717) is 12.0 Å². The first-order chi connectivity index (χ1) is 17.9. The van der Waals surface area contributed by atoms with Crippen LogP contribution in [0, 0.1) is 5.82 Å². The van der Waals surface area contributed by atoms with Crippen LogP contribution in [0.1, 0.15) is 44.6 Å². The summed E-state index contributed by atoms with van der Waals surface area (Å²) in [5, 5.41) is 0.290. The molecular formula is C27H23FN4O5. The molecule has 37 heavy (non-hydrogen) atoms. The first-order valence-electron chi connectivity index (χ1n) is 11.2. The third kappa shape index (κ3) is 6.04. The molecule has 2 amide bonds. The van der Waals surface area contributed by atoms with Gasteiger partial charge in [0.25, 0.3) is 5.91 Å². The highest BCUT2D eigenvalue weighted by Gasteiger charge is 2.26. The maximum absolute atomic E-state index is 13.3. The molecule has 2 aromatic heterocycles. The monoisotopic (exact) mass is 502 g/mol. The fraction of sp³-hybridized carbons (Fsp3) is 0.148. The number of carbonyl (C=O) groups excluding carboxylic acids is 3. The van der Waals surface area contributed by atoms with Gasteiger partial charge < -0.3 is 9.47 Å². The van der Waals surface area contributed by atoms with E-state index in [0.717, 1.165) is 11.1 Å². The van der Waals surface area contributed by atoms with E-state index in [1.807, 2.05) is 30.3 Å². The number of hydrazine groups is 1. The quantitative estimate of drug-likeness (QED) is 0.293. The number of fused-ring (bicyclic) bond motifs is 1. The zero-order chi connectivity index (χ0) is 26.4. The van der Waals surface area contributed by atoms with Gasteiger partial charge in [-0.1, -0.05) is 42.5 Å². The van der Waals surface area contributed by atoms with Crippen molar-refractivity contribution in [3.8, 4) is 5.75 Å². The predicted octanol–water partition coefficient (Wildman–Crippen LogP) is 3.51. The SMILES string of the molecule is COC(=O)c1nc(C(=O)NNC(C)=O)c2cc(Cc3ccc(F)cc3)cnc2c1OCc1ccccc1. The molecule has 4 aromatic rings. The van der Waals surface area contributed by atoms with E-state index in [1.165, 1.54) is 26.2 Å². The van der Waals surface area contributed by atoms with Gasteiger partial charge >= 0.3 is 5.97 Å². The normalized spacial score (nSPS) is 10.6. The maximum atomic E-state index is 13.3. The van der Waals surface area contributed by atoms with Crippen LogP contribution in [0.3, 0.4) is 0 Å². The Kier molecular flexibility index (Phi) is 7.68. The predicted molar refractivity (Wildman–Crippen MR) is 132 cm³/mol. The van der Waals surface area contributed by atoms with Gasteiger partial charge in [0.1, 0.15) is 23.6 Å². The summed E-state index contributed by atoms with van der Waals surface area (Å²) in [6.45, 7) is 1.34. The molecule has 9 nitrogen and oxygen atoms in total. The van der Waals surface area contributed by atoms with Gasteiger partial charge in [-0.05, 0) is 41.3 Å². The van der Waals surface area contributed by atoms with Crippen molar-refractivity contribution in [2.75, 3.05) is 7.11 Å². The Bertz CT molecular complexity index is 1460. The molecule has 0 unspecified atom stereocenters. The number of halogens is 1. The summed E-state index contributed by atoms with van der Waals surface area (Å²) in [4.78, 5) is 45.7. The molecule has 10 heteroatoms. The molecule has 0 radical (unpaired) electrons. The summed E-state index contributed by atoms with van der Waals surface area (Å²) in [6, 6.07) is 17.0. The summed E-state index contributed by atoms with van der Waals surface area (Å²) >= 11 is 0. The first kappa shape index (κ1) is 25.2. The summed E-state index contributed by atoms with van der Waals surface area (Å²) in [5.74, 6) is -2.38. The number of nitrogens with zero attached hydrogens (tertiary/aromatic N) is 2. The minimum absolute atomic E-state index is 0.0510. The van der Waals surface area contributed by atoms with Gasteiger partial charge in [-0.25, -0.2) is 14.2 Å². The molecule has 0 aliphatic rings. The Balaban J connectivity index is 1.84. The van der Waals surface area contributed by atoms with Crippen LogP contribution in [0.4, 0.5) is 4.39 Å². The van der Waals surface area contributed by atoms with Crippen molar-refractivity contribution in [3.05, 3.63) is 101 Å². The van der Waals surface area contributed by atoms with Crippen molar-refractivity contribution in [3.63, 3.8) is 0 Å². The number of hydrogen-bond acceptors (Lipinski definition) is 7. The van der Waals surface area contributed by atoms with Gasteiger partial charge in [0.15, 0.2) is 11.4 Å². The zero-order valence-electron chi connectivity index (χ0n) is 20.1. The Hall–Kier alpha value is -4.86. The summed E-state index contributed by atoms with van der Waals surface area (Å²) in [7, 11) is 1.19. The van der Waals surface area contributed by atoms with E-state index >= 15 is 0 Å². The van der Waals surface area contributed by atoms with Crippen LogP contribution in [0.15, 0.2) is 66.9 Å². The van der Waals surface area contributed by atoms with Gasteiger partial charge in [-0.3, -0.25) is 25.4 Å². The van der Waals surface area contributed by atoms with Gasteiger partial charge in [0.05, 0.1) is 7.11 Å². The van der Waals surface area contributed by atoms with Crippen LogP contribution in [-0.4, -0.2) is 34.9 Å². The van der Waals surface area contributed by atoms with E-state index in [9.17, 15) is 18.8 Å². The van der Waals surface area contributed by atoms with E-state index in [1.54, 1.807) is 24.4 Å². The highest BCUT2D eigenvalue weighted by atomic mass is 19.1. The van der Waals surface area contributed by atoms with Crippen LogP contribution in [0.5, 0.6) is 5.75 Å². The molecule has 0 spiro atoms. The minimum Gasteiger partial charge on any atom is -0.484 e. The standard InChI is InChI=1S/C27H23FN4O5/c1-16(33)31-32-26(34)23-21-13-19(12-17-8-10-20(28)11-9-17)14-29-22(21)25(24(30-23)27(35)36-2)37-15-18-6-4-3-5-7-18/h3-11,13-14H,12,15H2,1-2H3,(H,31,33)(H,32,34). The number of hydrogen-bond donors (Lipinski definition) is 2.